The first-order valence-electron chi connectivity index (χ1n) is 9.35. The van der Waals surface area contributed by atoms with E-state index in [2.05, 4.69) is 10.6 Å². The third kappa shape index (κ3) is 5.28. The van der Waals surface area contributed by atoms with Crippen molar-refractivity contribution < 1.29 is 23.9 Å². The van der Waals surface area contributed by atoms with Crippen molar-refractivity contribution in [3.05, 3.63) is 64.7 Å². The molecule has 2 N–H and O–H groups in total. The number of hydrogen-bond donors (Lipinski definition) is 2. The Morgan fingerprint density at radius 2 is 1.80 bits per heavy atom. The predicted molar refractivity (Wildman–Crippen MR) is 110 cm³/mol. The highest BCUT2D eigenvalue weighted by Gasteiger charge is 2.31. The third-order valence-corrected chi connectivity index (χ3v) is 5.00. The van der Waals surface area contributed by atoms with E-state index in [-0.39, 0.29) is 19.0 Å². The zero-order valence-electron chi connectivity index (χ0n) is 16.4. The van der Waals surface area contributed by atoms with Gasteiger partial charge in [0, 0.05) is 23.7 Å². The monoisotopic (exact) mass is 431 g/mol. The van der Waals surface area contributed by atoms with Gasteiger partial charge in [0.15, 0.2) is 0 Å². The molecule has 158 valence electrons. The minimum absolute atomic E-state index is 0.000239. The summed E-state index contributed by atoms with van der Waals surface area (Å²) in [7, 11) is 1.55. The Morgan fingerprint density at radius 3 is 2.50 bits per heavy atom. The van der Waals surface area contributed by atoms with Crippen LogP contribution in [0.5, 0.6) is 5.75 Å². The molecule has 0 unspecified atom stereocenters. The highest BCUT2D eigenvalue weighted by Crippen LogP contribution is 2.17. The molecule has 2 aromatic rings. The Hall–Kier alpha value is -3.10. The van der Waals surface area contributed by atoms with Crippen LogP contribution >= 0.6 is 11.6 Å². The van der Waals surface area contributed by atoms with Gasteiger partial charge in [0.1, 0.15) is 12.0 Å². The van der Waals surface area contributed by atoms with E-state index in [4.69, 9.17) is 21.1 Å². The lowest BCUT2D eigenvalue weighted by molar-refractivity contribution is -0.139. The number of hydrogen-bond acceptors (Lipinski definition) is 5. The predicted octanol–water partition coefficient (Wildman–Crippen LogP) is 1.58. The van der Waals surface area contributed by atoms with E-state index in [9.17, 15) is 14.4 Å². The van der Waals surface area contributed by atoms with Crippen molar-refractivity contribution in [1.82, 2.24) is 15.5 Å². The summed E-state index contributed by atoms with van der Waals surface area (Å²) in [5.41, 5.74) is 1.19. The molecular formula is C21H22ClN3O5. The van der Waals surface area contributed by atoms with Gasteiger partial charge in [0.2, 0.25) is 0 Å². The van der Waals surface area contributed by atoms with Gasteiger partial charge in [-0.05, 0) is 35.9 Å². The van der Waals surface area contributed by atoms with Crippen molar-refractivity contribution in [2.24, 2.45) is 0 Å². The van der Waals surface area contributed by atoms with E-state index in [1.165, 1.54) is 4.90 Å². The topological polar surface area (TPSA) is 97.0 Å². The maximum Gasteiger partial charge on any atom is 0.309 e. The molecule has 0 bridgehead atoms. The highest BCUT2D eigenvalue weighted by atomic mass is 35.5. The SMILES string of the molecule is COc1ccc(C(=O)N2CCO[C@H]2CNC(=O)C(=O)NCc2ccccc2Cl)cc1. The molecular weight excluding hydrogens is 410 g/mol. The zero-order chi connectivity index (χ0) is 21.5. The lowest BCUT2D eigenvalue weighted by Gasteiger charge is -2.23. The molecule has 3 amide bonds. The van der Waals surface area contributed by atoms with E-state index < -0.39 is 18.0 Å². The first-order valence-corrected chi connectivity index (χ1v) is 9.73. The van der Waals surface area contributed by atoms with Crippen LogP contribution in [0.1, 0.15) is 15.9 Å². The summed E-state index contributed by atoms with van der Waals surface area (Å²) in [5.74, 6) is -1.18. The van der Waals surface area contributed by atoms with Gasteiger partial charge in [-0.25, -0.2) is 0 Å². The fourth-order valence-electron chi connectivity index (χ4n) is 2.98. The molecule has 1 atom stereocenters. The molecule has 0 spiro atoms. The second-order valence-corrected chi connectivity index (χ2v) is 6.94. The second-order valence-electron chi connectivity index (χ2n) is 6.54. The number of ether oxygens (including phenoxy) is 2. The molecule has 9 heteroatoms. The first-order chi connectivity index (χ1) is 14.5. The van der Waals surface area contributed by atoms with Crippen molar-refractivity contribution in [3.8, 4) is 5.75 Å². The fraction of sp³-hybridized carbons (Fsp3) is 0.286. The van der Waals surface area contributed by atoms with E-state index >= 15 is 0 Å². The molecule has 1 aliphatic rings. The van der Waals surface area contributed by atoms with Crippen molar-refractivity contribution in [1.29, 1.82) is 0 Å². The summed E-state index contributed by atoms with van der Waals surface area (Å²) in [6, 6.07) is 13.8. The van der Waals surface area contributed by atoms with Gasteiger partial charge in [0.05, 0.1) is 20.3 Å². The Balaban J connectivity index is 1.51. The highest BCUT2D eigenvalue weighted by molar-refractivity contribution is 6.35. The summed E-state index contributed by atoms with van der Waals surface area (Å²) in [6.45, 7) is 0.874. The zero-order valence-corrected chi connectivity index (χ0v) is 17.1. The average molecular weight is 432 g/mol. The van der Waals surface area contributed by atoms with Crippen LogP contribution in [-0.2, 0) is 20.9 Å². The van der Waals surface area contributed by atoms with Crippen molar-refractivity contribution >= 4 is 29.3 Å². The smallest absolute Gasteiger partial charge is 0.309 e. The molecule has 0 radical (unpaired) electrons. The van der Waals surface area contributed by atoms with E-state index in [0.29, 0.717) is 35.1 Å². The van der Waals surface area contributed by atoms with E-state index in [1.54, 1.807) is 55.6 Å². The van der Waals surface area contributed by atoms with Crippen LogP contribution in [0.3, 0.4) is 0 Å². The van der Waals surface area contributed by atoms with Crippen LogP contribution in [0.4, 0.5) is 0 Å². The Labute approximate surface area is 179 Å². The van der Waals surface area contributed by atoms with E-state index in [0.717, 1.165) is 0 Å². The number of carbonyl (C=O) groups is 3. The molecule has 1 heterocycles. The van der Waals surface area contributed by atoms with Crippen molar-refractivity contribution in [2.45, 2.75) is 12.8 Å². The van der Waals surface area contributed by atoms with Crippen molar-refractivity contribution in [2.75, 3.05) is 26.8 Å². The van der Waals surface area contributed by atoms with Gasteiger partial charge in [-0.15, -0.1) is 0 Å². The molecule has 2 aromatic carbocycles. The molecule has 8 nitrogen and oxygen atoms in total. The van der Waals surface area contributed by atoms with Gasteiger partial charge in [0.25, 0.3) is 5.91 Å². The molecule has 0 aliphatic carbocycles. The summed E-state index contributed by atoms with van der Waals surface area (Å²) < 4.78 is 10.6. The number of amides is 3. The van der Waals surface area contributed by atoms with Gasteiger partial charge in [-0.2, -0.15) is 0 Å². The molecule has 3 rings (SSSR count). The summed E-state index contributed by atoms with van der Waals surface area (Å²) >= 11 is 6.03. The molecule has 0 saturated carbocycles. The normalized spacial score (nSPS) is 15.5. The number of carbonyl (C=O) groups excluding carboxylic acids is 3. The number of benzene rings is 2. The first kappa shape index (κ1) is 21.6. The maximum atomic E-state index is 12.7. The van der Waals surface area contributed by atoms with Crippen molar-refractivity contribution in [3.63, 3.8) is 0 Å². The quantitative estimate of drug-likeness (QED) is 0.677. The summed E-state index contributed by atoms with van der Waals surface area (Å²) in [6.07, 6.45) is -0.653. The summed E-state index contributed by atoms with van der Waals surface area (Å²) in [4.78, 5) is 38.4. The molecule has 1 saturated heterocycles. The maximum absolute atomic E-state index is 12.7. The van der Waals surface area contributed by atoms with Crippen LogP contribution in [0.2, 0.25) is 5.02 Å². The van der Waals surface area contributed by atoms with Crippen LogP contribution in [0.15, 0.2) is 48.5 Å². The van der Waals surface area contributed by atoms with Crippen LogP contribution < -0.4 is 15.4 Å². The molecule has 0 aromatic heterocycles. The van der Waals surface area contributed by atoms with Gasteiger partial charge < -0.3 is 25.0 Å². The molecule has 30 heavy (non-hydrogen) atoms. The standard InChI is InChI=1S/C21H22ClN3O5/c1-29-16-8-6-14(7-9-16)21(28)25-10-11-30-18(25)13-24-20(27)19(26)23-12-15-4-2-3-5-17(15)22/h2-9,18H,10-13H2,1H3,(H,23,26)(H,24,27)/t18-/m0/s1. The second kappa shape index (κ2) is 10.1. The van der Waals surface area contributed by atoms with Crippen LogP contribution in [-0.4, -0.2) is 55.7 Å². The summed E-state index contributed by atoms with van der Waals surface area (Å²) in [5, 5.41) is 5.53. The Bertz CT molecular complexity index is 919. The minimum atomic E-state index is -0.811. The number of rotatable bonds is 6. The average Bonchev–Trinajstić information content (AvgIpc) is 3.24. The number of nitrogens with one attached hydrogen (secondary N) is 2. The number of nitrogens with zero attached hydrogens (tertiary/aromatic N) is 1. The fourth-order valence-corrected chi connectivity index (χ4v) is 3.18. The lowest BCUT2D eigenvalue weighted by Crippen LogP contribution is -2.47. The Kier molecular flexibility index (Phi) is 7.26. The lowest BCUT2D eigenvalue weighted by atomic mass is 10.2. The van der Waals surface area contributed by atoms with E-state index in [1.807, 2.05) is 0 Å². The largest absolute Gasteiger partial charge is 0.497 e. The molecule has 1 aliphatic heterocycles. The van der Waals surface area contributed by atoms with Crippen LogP contribution in [0.25, 0.3) is 0 Å². The number of halogens is 1. The number of methoxy groups -OCH3 is 1. The van der Waals surface area contributed by atoms with Gasteiger partial charge in [-0.3, -0.25) is 14.4 Å². The molecule has 1 fully saturated rings. The third-order valence-electron chi connectivity index (χ3n) is 4.63. The van der Waals surface area contributed by atoms with Crippen LogP contribution in [0, 0.1) is 0 Å². The Morgan fingerprint density at radius 1 is 1.10 bits per heavy atom. The van der Waals surface area contributed by atoms with Gasteiger partial charge in [-0.1, -0.05) is 29.8 Å². The van der Waals surface area contributed by atoms with Gasteiger partial charge >= 0.3 is 11.8 Å². The minimum Gasteiger partial charge on any atom is -0.497 e.